The third-order valence-electron chi connectivity index (χ3n) is 1.90. The van der Waals surface area contributed by atoms with Gasteiger partial charge in [-0.3, -0.25) is 9.78 Å². The predicted octanol–water partition coefficient (Wildman–Crippen LogP) is 1.63. The van der Waals surface area contributed by atoms with E-state index in [4.69, 9.17) is 5.11 Å². The van der Waals surface area contributed by atoms with E-state index in [0.29, 0.717) is 11.4 Å². The maximum atomic E-state index is 11.5. The van der Waals surface area contributed by atoms with E-state index in [1.54, 1.807) is 12.1 Å². The molecule has 3 N–H and O–H groups in total. The van der Waals surface area contributed by atoms with Gasteiger partial charge in [-0.15, -0.1) is 0 Å². The van der Waals surface area contributed by atoms with Crippen LogP contribution < -0.4 is 10.6 Å². The number of amides is 2. The second-order valence-electron chi connectivity index (χ2n) is 4.94. The number of carbonyl (C=O) groups excluding carboxylic acids is 1. The van der Waals surface area contributed by atoms with E-state index >= 15 is 0 Å². The number of nitrogens with zero attached hydrogens (tertiary/aromatic N) is 1. The van der Waals surface area contributed by atoms with Crippen LogP contribution >= 0.6 is 0 Å². The van der Waals surface area contributed by atoms with E-state index in [9.17, 15) is 9.59 Å². The first kappa shape index (κ1) is 14.0. The Morgan fingerprint density at radius 2 is 2.00 bits per heavy atom. The van der Waals surface area contributed by atoms with Gasteiger partial charge in [0.05, 0.1) is 24.0 Å². The number of hydrogen-bond donors (Lipinski definition) is 3. The van der Waals surface area contributed by atoms with Crippen molar-refractivity contribution < 1.29 is 14.7 Å². The van der Waals surface area contributed by atoms with Gasteiger partial charge in [-0.1, -0.05) is 0 Å². The number of aromatic nitrogens is 1. The van der Waals surface area contributed by atoms with Gasteiger partial charge < -0.3 is 15.7 Å². The number of carbonyl (C=O) groups is 2. The van der Waals surface area contributed by atoms with Crippen molar-refractivity contribution in [2.24, 2.45) is 0 Å². The molecule has 0 bridgehead atoms. The third kappa shape index (κ3) is 5.29. The molecule has 1 rings (SSSR count). The molecule has 0 fully saturated rings. The van der Waals surface area contributed by atoms with Gasteiger partial charge >= 0.3 is 12.0 Å². The van der Waals surface area contributed by atoms with Gasteiger partial charge in [0, 0.05) is 5.54 Å². The van der Waals surface area contributed by atoms with Crippen LogP contribution in [0.5, 0.6) is 0 Å². The Balaban J connectivity index is 2.58. The smallest absolute Gasteiger partial charge is 0.319 e. The van der Waals surface area contributed by atoms with Gasteiger partial charge in [0.2, 0.25) is 0 Å². The minimum Gasteiger partial charge on any atom is -0.481 e. The standard InChI is InChI=1S/C12H17N3O3/c1-12(2,3)15-11(18)14-9-5-4-8(13-7-9)6-10(16)17/h4-5,7H,6H2,1-3H3,(H,16,17)(H2,14,15,18). The number of rotatable bonds is 3. The molecule has 0 saturated carbocycles. The molecule has 0 spiro atoms. The van der Waals surface area contributed by atoms with E-state index in [0.717, 1.165) is 0 Å². The second-order valence-corrected chi connectivity index (χ2v) is 4.94. The van der Waals surface area contributed by atoms with Crippen molar-refractivity contribution >= 4 is 17.7 Å². The summed E-state index contributed by atoms with van der Waals surface area (Å²) in [5.74, 6) is -0.936. The lowest BCUT2D eigenvalue weighted by Crippen LogP contribution is -2.43. The molecule has 1 aromatic rings. The molecular formula is C12H17N3O3. The third-order valence-corrected chi connectivity index (χ3v) is 1.90. The Labute approximate surface area is 105 Å². The molecule has 0 atom stereocenters. The van der Waals surface area contributed by atoms with E-state index < -0.39 is 5.97 Å². The molecule has 0 aliphatic heterocycles. The quantitative estimate of drug-likeness (QED) is 0.761. The molecule has 0 aliphatic carbocycles. The predicted molar refractivity (Wildman–Crippen MR) is 67.5 cm³/mol. The highest BCUT2D eigenvalue weighted by atomic mass is 16.4. The van der Waals surface area contributed by atoms with Crippen molar-refractivity contribution in [1.29, 1.82) is 0 Å². The molecule has 1 aromatic heterocycles. The maximum absolute atomic E-state index is 11.5. The molecule has 6 heteroatoms. The number of hydrogen-bond acceptors (Lipinski definition) is 3. The summed E-state index contributed by atoms with van der Waals surface area (Å²) in [4.78, 5) is 26.0. The van der Waals surface area contributed by atoms with Crippen molar-refractivity contribution in [3.8, 4) is 0 Å². The van der Waals surface area contributed by atoms with Crippen molar-refractivity contribution in [1.82, 2.24) is 10.3 Å². The average Bonchev–Trinajstić information content (AvgIpc) is 2.17. The zero-order valence-electron chi connectivity index (χ0n) is 10.7. The van der Waals surface area contributed by atoms with Gasteiger partial charge in [0.1, 0.15) is 0 Å². The van der Waals surface area contributed by atoms with Crippen molar-refractivity contribution in [2.75, 3.05) is 5.32 Å². The van der Waals surface area contributed by atoms with Crippen LogP contribution in [0.4, 0.5) is 10.5 Å². The van der Waals surface area contributed by atoms with Crippen LogP contribution in [0.25, 0.3) is 0 Å². The minimum atomic E-state index is -0.936. The number of carboxylic acids is 1. The van der Waals surface area contributed by atoms with Crippen LogP contribution in [-0.2, 0) is 11.2 Å². The average molecular weight is 251 g/mol. The molecule has 6 nitrogen and oxygen atoms in total. The number of anilines is 1. The summed E-state index contributed by atoms with van der Waals surface area (Å²) >= 11 is 0. The summed E-state index contributed by atoms with van der Waals surface area (Å²) in [6.45, 7) is 5.63. The Hall–Kier alpha value is -2.11. The SMILES string of the molecule is CC(C)(C)NC(=O)Nc1ccc(CC(=O)O)nc1. The number of urea groups is 1. The van der Waals surface area contributed by atoms with Gasteiger partial charge in [-0.2, -0.15) is 0 Å². The van der Waals surface area contributed by atoms with Gasteiger partial charge in [-0.25, -0.2) is 4.79 Å². The van der Waals surface area contributed by atoms with Crippen LogP contribution in [0.1, 0.15) is 26.5 Å². The number of carboxylic acid groups (broad SMARTS) is 1. The molecule has 0 unspecified atom stereocenters. The number of aliphatic carboxylic acids is 1. The lowest BCUT2D eigenvalue weighted by atomic mass is 10.1. The monoisotopic (exact) mass is 251 g/mol. The van der Waals surface area contributed by atoms with Gasteiger partial charge in [-0.05, 0) is 32.9 Å². The van der Waals surface area contributed by atoms with E-state index in [2.05, 4.69) is 15.6 Å². The molecule has 0 saturated heterocycles. The zero-order valence-corrected chi connectivity index (χ0v) is 10.7. The molecule has 0 aliphatic rings. The van der Waals surface area contributed by atoms with Crippen LogP contribution in [-0.4, -0.2) is 27.6 Å². The van der Waals surface area contributed by atoms with Crippen molar-refractivity contribution in [3.05, 3.63) is 24.0 Å². The van der Waals surface area contributed by atoms with Crippen LogP contribution in [0.3, 0.4) is 0 Å². The molecule has 98 valence electrons. The Kier molecular flexibility index (Phi) is 4.25. The van der Waals surface area contributed by atoms with Crippen molar-refractivity contribution in [2.45, 2.75) is 32.7 Å². The molecule has 1 heterocycles. The van der Waals surface area contributed by atoms with Crippen LogP contribution in [0, 0.1) is 0 Å². The fourth-order valence-electron chi connectivity index (χ4n) is 1.26. The second kappa shape index (κ2) is 5.48. The highest BCUT2D eigenvalue weighted by Gasteiger charge is 2.13. The minimum absolute atomic E-state index is 0.130. The molecule has 18 heavy (non-hydrogen) atoms. The summed E-state index contributed by atoms with van der Waals surface area (Å²) in [5.41, 5.74) is 0.649. The highest BCUT2D eigenvalue weighted by Crippen LogP contribution is 2.07. The van der Waals surface area contributed by atoms with E-state index in [1.807, 2.05) is 20.8 Å². The first-order valence-corrected chi connectivity index (χ1v) is 5.52. The topological polar surface area (TPSA) is 91.3 Å². The first-order valence-electron chi connectivity index (χ1n) is 5.52. The number of pyridine rings is 1. The zero-order chi connectivity index (χ0) is 13.8. The fourth-order valence-corrected chi connectivity index (χ4v) is 1.26. The van der Waals surface area contributed by atoms with Crippen LogP contribution in [0.15, 0.2) is 18.3 Å². The van der Waals surface area contributed by atoms with E-state index in [1.165, 1.54) is 6.20 Å². The largest absolute Gasteiger partial charge is 0.481 e. The van der Waals surface area contributed by atoms with Gasteiger partial charge in [0.15, 0.2) is 0 Å². The summed E-state index contributed by atoms with van der Waals surface area (Å²) in [5, 5.41) is 14.0. The molecule has 0 radical (unpaired) electrons. The molecule has 2 amide bonds. The lowest BCUT2D eigenvalue weighted by molar-refractivity contribution is -0.136. The van der Waals surface area contributed by atoms with Gasteiger partial charge in [0.25, 0.3) is 0 Å². The maximum Gasteiger partial charge on any atom is 0.319 e. The Morgan fingerprint density at radius 3 is 2.44 bits per heavy atom. The lowest BCUT2D eigenvalue weighted by Gasteiger charge is -2.20. The molecular weight excluding hydrogens is 234 g/mol. The number of nitrogens with one attached hydrogen (secondary N) is 2. The van der Waals surface area contributed by atoms with Crippen LogP contribution in [0.2, 0.25) is 0 Å². The summed E-state index contributed by atoms with van der Waals surface area (Å²) in [7, 11) is 0. The summed E-state index contributed by atoms with van der Waals surface area (Å²) < 4.78 is 0. The molecule has 0 aromatic carbocycles. The van der Waals surface area contributed by atoms with E-state index in [-0.39, 0.29) is 18.0 Å². The highest BCUT2D eigenvalue weighted by molar-refractivity contribution is 5.89. The van der Waals surface area contributed by atoms with Crippen molar-refractivity contribution in [3.63, 3.8) is 0 Å². The summed E-state index contributed by atoms with van der Waals surface area (Å²) in [6, 6.07) is 2.87. The first-order chi connectivity index (χ1) is 8.26. The normalized spacial score (nSPS) is 10.8. The Bertz CT molecular complexity index is 435. The summed E-state index contributed by atoms with van der Waals surface area (Å²) in [6.07, 6.45) is 1.30. The fraction of sp³-hybridized carbons (Fsp3) is 0.417. The Morgan fingerprint density at radius 1 is 1.33 bits per heavy atom.